The Morgan fingerprint density at radius 2 is 2.11 bits per heavy atom. The van der Waals surface area contributed by atoms with Gasteiger partial charge in [-0.3, -0.25) is 0 Å². The van der Waals surface area contributed by atoms with Crippen LogP contribution in [0.25, 0.3) is 0 Å². The summed E-state index contributed by atoms with van der Waals surface area (Å²) >= 11 is 0. The fraction of sp³-hybridized carbons (Fsp3) is 0.357. The lowest BCUT2D eigenvalue weighted by Gasteiger charge is -2.20. The third-order valence-corrected chi connectivity index (χ3v) is 3.01. The molecule has 2 N–H and O–H groups in total. The molecule has 0 aliphatic heterocycles. The van der Waals surface area contributed by atoms with Gasteiger partial charge in [-0.1, -0.05) is 30.3 Å². The Morgan fingerprint density at radius 1 is 1.33 bits per heavy atom. The molecule has 0 amide bonds. The van der Waals surface area contributed by atoms with Crippen LogP contribution < -0.4 is 5.32 Å². The number of rotatable bonds is 6. The maximum Gasteiger partial charge on any atom is 0.0946 e. The van der Waals surface area contributed by atoms with Gasteiger partial charge in [0.25, 0.3) is 0 Å². The second kappa shape index (κ2) is 6.33. The second-order valence-corrected chi connectivity index (χ2v) is 4.40. The number of aliphatic hydroxyl groups is 1. The van der Waals surface area contributed by atoms with E-state index in [4.69, 9.17) is 0 Å². The fourth-order valence-corrected chi connectivity index (χ4v) is 1.89. The lowest BCUT2D eigenvalue weighted by atomic mass is 10.0. The zero-order valence-corrected chi connectivity index (χ0v) is 10.5. The van der Waals surface area contributed by atoms with Crippen LogP contribution in [0.5, 0.6) is 0 Å². The van der Waals surface area contributed by atoms with Gasteiger partial charge in [0.2, 0.25) is 0 Å². The van der Waals surface area contributed by atoms with Crippen LogP contribution in [0.1, 0.15) is 18.6 Å². The molecule has 96 valence electrons. The van der Waals surface area contributed by atoms with Crippen molar-refractivity contribution in [3.63, 3.8) is 0 Å². The molecule has 18 heavy (non-hydrogen) atoms. The third kappa shape index (κ3) is 3.42. The summed E-state index contributed by atoms with van der Waals surface area (Å²) in [5.41, 5.74) is 0.945. The molecule has 4 heteroatoms. The Labute approximate surface area is 107 Å². The first-order chi connectivity index (χ1) is 8.77. The van der Waals surface area contributed by atoms with E-state index in [9.17, 15) is 5.11 Å². The molecule has 4 nitrogen and oxygen atoms in total. The van der Waals surface area contributed by atoms with Crippen LogP contribution in [0.4, 0.5) is 0 Å². The Morgan fingerprint density at radius 3 is 2.78 bits per heavy atom. The summed E-state index contributed by atoms with van der Waals surface area (Å²) in [5, 5.41) is 13.5. The first-order valence-corrected chi connectivity index (χ1v) is 6.19. The Bertz CT molecular complexity index is 441. The molecule has 1 aromatic carbocycles. The maximum absolute atomic E-state index is 10.2. The summed E-state index contributed by atoms with van der Waals surface area (Å²) in [6.45, 7) is 3.65. The second-order valence-electron chi connectivity index (χ2n) is 4.40. The van der Waals surface area contributed by atoms with Crippen molar-refractivity contribution in [2.45, 2.75) is 25.6 Å². The van der Waals surface area contributed by atoms with Gasteiger partial charge in [0.15, 0.2) is 0 Å². The molecule has 2 rings (SSSR count). The van der Waals surface area contributed by atoms with Crippen LogP contribution in [-0.2, 0) is 6.54 Å². The van der Waals surface area contributed by atoms with Gasteiger partial charge in [-0.2, -0.15) is 0 Å². The maximum atomic E-state index is 10.2. The molecule has 0 saturated carbocycles. The number of nitrogens with one attached hydrogen (secondary N) is 1. The van der Waals surface area contributed by atoms with Crippen molar-refractivity contribution in [1.82, 2.24) is 14.9 Å². The fourth-order valence-electron chi connectivity index (χ4n) is 1.89. The molecular weight excluding hydrogens is 226 g/mol. The Hall–Kier alpha value is -1.65. The zero-order valence-electron chi connectivity index (χ0n) is 10.5. The summed E-state index contributed by atoms with van der Waals surface area (Å²) in [5.74, 6) is 0. The van der Waals surface area contributed by atoms with E-state index in [1.807, 2.05) is 48.0 Å². The first kappa shape index (κ1) is 12.8. The van der Waals surface area contributed by atoms with Crippen molar-refractivity contribution in [2.75, 3.05) is 6.54 Å². The molecule has 1 heterocycles. The minimum absolute atomic E-state index is 0.0240. The molecule has 2 unspecified atom stereocenters. The number of nitrogens with zero attached hydrogens (tertiary/aromatic N) is 2. The highest BCUT2D eigenvalue weighted by Gasteiger charge is 2.14. The van der Waals surface area contributed by atoms with Gasteiger partial charge >= 0.3 is 0 Å². The number of imidazole rings is 1. The molecule has 0 spiro atoms. The summed E-state index contributed by atoms with van der Waals surface area (Å²) < 4.78 is 2.01. The highest BCUT2D eigenvalue weighted by atomic mass is 16.3. The lowest BCUT2D eigenvalue weighted by molar-refractivity contribution is 0.135. The van der Waals surface area contributed by atoms with E-state index in [0.29, 0.717) is 0 Å². The normalized spacial score (nSPS) is 14.3. The van der Waals surface area contributed by atoms with Crippen LogP contribution in [-0.4, -0.2) is 27.2 Å². The molecule has 1 aromatic heterocycles. The highest BCUT2D eigenvalue weighted by molar-refractivity contribution is 5.18. The number of hydrogen-bond donors (Lipinski definition) is 2. The first-order valence-electron chi connectivity index (χ1n) is 6.19. The molecule has 0 saturated heterocycles. The van der Waals surface area contributed by atoms with E-state index in [1.54, 1.807) is 12.5 Å². The van der Waals surface area contributed by atoms with Gasteiger partial charge in [0.05, 0.1) is 12.4 Å². The largest absolute Gasteiger partial charge is 0.387 e. The molecular formula is C14H19N3O. The molecule has 0 radical (unpaired) electrons. The summed E-state index contributed by atoms with van der Waals surface area (Å²) in [4.78, 5) is 3.99. The van der Waals surface area contributed by atoms with E-state index in [0.717, 1.165) is 18.7 Å². The van der Waals surface area contributed by atoms with Crippen LogP contribution >= 0.6 is 0 Å². The van der Waals surface area contributed by atoms with Crippen LogP contribution in [0.3, 0.4) is 0 Å². The number of benzene rings is 1. The summed E-state index contributed by atoms with van der Waals surface area (Å²) in [7, 11) is 0. The van der Waals surface area contributed by atoms with Crippen LogP contribution in [0.15, 0.2) is 49.1 Å². The van der Waals surface area contributed by atoms with Gasteiger partial charge in [-0.15, -0.1) is 0 Å². The van der Waals surface area contributed by atoms with Gasteiger partial charge in [-0.25, -0.2) is 4.98 Å². The van der Waals surface area contributed by atoms with Gasteiger partial charge in [0.1, 0.15) is 0 Å². The van der Waals surface area contributed by atoms with Crippen molar-refractivity contribution in [3.8, 4) is 0 Å². The number of aliphatic hydroxyl groups excluding tert-OH is 1. The Balaban J connectivity index is 1.79. The van der Waals surface area contributed by atoms with E-state index in [2.05, 4.69) is 10.3 Å². The molecule has 0 fully saturated rings. The van der Waals surface area contributed by atoms with Crippen LogP contribution in [0.2, 0.25) is 0 Å². The van der Waals surface area contributed by atoms with E-state index >= 15 is 0 Å². The van der Waals surface area contributed by atoms with Crippen molar-refractivity contribution >= 4 is 0 Å². The minimum Gasteiger partial charge on any atom is -0.387 e. The smallest absolute Gasteiger partial charge is 0.0946 e. The van der Waals surface area contributed by atoms with E-state index in [-0.39, 0.29) is 6.04 Å². The minimum atomic E-state index is -0.478. The predicted molar refractivity (Wildman–Crippen MR) is 71.1 cm³/mol. The van der Waals surface area contributed by atoms with Crippen LogP contribution in [0, 0.1) is 0 Å². The molecule has 2 aromatic rings. The zero-order chi connectivity index (χ0) is 12.8. The third-order valence-electron chi connectivity index (χ3n) is 3.01. The lowest BCUT2D eigenvalue weighted by Crippen LogP contribution is -2.34. The monoisotopic (exact) mass is 245 g/mol. The topological polar surface area (TPSA) is 50.1 Å². The van der Waals surface area contributed by atoms with Crippen molar-refractivity contribution < 1.29 is 5.11 Å². The SMILES string of the molecule is CC(NCCn1ccnc1)C(O)c1ccccc1. The van der Waals surface area contributed by atoms with Crippen molar-refractivity contribution in [1.29, 1.82) is 0 Å². The van der Waals surface area contributed by atoms with E-state index < -0.39 is 6.10 Å². The highest BCUT2D eigenvalue weighted by Crippen LogP contribution is 2.15. The predicted octanol–water partition coefficient (Wildman–Crippen LogP) is 1.59. The standard InChI is InChI=1S/C14H19N3O/c1-12(14(18)13-5-3-2-4-6-13)16-8-10-17-9-7-15-11-17/h2-7,9,11-12,14,16,18H,8,10H2,1H3. The number of aromatic nitrogens is 2. The summed E-state index contributed by atoms with van der Waals surface area (Å²) in [6.07, 6.45) is 5.01. The van der Waals surface area contributed by atoms with Crippen molar-refractivity contribution in [2.24, 2.45) is 0 Å². The average Bonchev–Trinajstić information content (AvgIpc) is 2.92. The quantitative estimate of drug-likeness (QED) is 0.812. The summed E-state index contributed by atoms with van der Waals surface area (Å²) in [6, 6.07) is 9.74. The van der Waals surface area contributed by atoms with Gasteiger partial charge in [0, 0.05) is 31.5 Å². The molecule has 0 bridgehead atoms. The van der Waals surface area contributed by atoms with E-state index in [1.165, 1.54) is 0 Å². The molecule has 0 aliphatic rings. The van der Waals surface area contributed by atoms with Gasteiger partial charge < -0.3 is 15.0 Å². The van der Waals surface area contributed by atoms with Gasteiger partial charge in [-0.05, 0) is 12.5 Å². The Kier molecular flexibility index (Phi) is 4.50. The average molecular weight is 245 g/mol. The number of hydrogen-bond acceptors (Lipinski definition) is 3. The molecule has 2 atom stereocenters. The molecule has 0 aliphatic carbocycles. The van der Waals surface area contributed by atoms with Crippen molar-refractivity contribution in [3.05, 3.63) is 54.6 Å².